The molecule has 1 atom stereocenters. The van der Waals surface area contributed by atoms with E-state index in [-0.39, 0.29) is 16.7 Å². The number of pyridine rings is 1. The standard InChI is InChI=1S/C26H27N5O3S/c1-2-31(22-10-4-3-5-11-22)35(33,34)23-15-13-20(14-16-23)26(32)29-17-8-9-21(19-29)25-28-27-24-12-6-7-18-30(24)25/h3-7,10-16,18,21H,2,8-9,17,19H2,1H3. The van der Waals surface area contributed by atoms with Crippen LogP contribution < -0.4 is 4.31 Å². The lowest BCUT2D eigenvalue weighted by Gasteiger charge is -2.32. The number of anilines is 1. The smallest absolute Gasteiger partial charge is 0.264 e. The first kappa shape index (κ1) is 23.0. The summed E-state index contributed by atoms with van der Waals surface area (Å²) in [6, 6.07) is 21.0. The number of amides is 1. The van der Waals surface area contributed by atoms with Crippen LogP contribution in [-0.2, 0) is 10.0 Å². The van der Waals surface area contributed by atoms with Gasteiger partial charge >= 0.3 is 0 Å². The van der Waals surface area contributed by atoms with Crippen molar-refractivity contribution >= 4 is 27.3 Å². The van der Waals surface area contributed by atoms with E-state index in [1.54, 1.807) is 31.2 Å². The summed E-state index contributed by atoms with van der Waals surface area (Å²) in [5, 5.41) is 8.62. The van der Waals surface area contributed by atoms with Gasteiger partial charge in [-0.05, 0) is 68.3 Å². The molecule has 2 aromatic carbocycles. The van der Waals surface area contributed by atoms with Gasteiger partial charge in [-0.15, -0.1) is 10.2 Å². The lowest BCUT2D eigenvalue weighted by atomic mass is 9.96. The van der Waals surface area contributed by atoms with E-state index in [1.165, 1.54) is 16.4 Å². The van der Waals surface area contributed by atoms with E-state index >= 15 is 0 Å². The third kappa shape index (κ3) is 4.39. The zero-order valence-corrected chi connectivity index (χ0v) is 20.3. The second-order valence-corrected chi connectivity index (χ2v) is 10.5. The summed E-state index contributed by atoms with van der Waals surface area (Å²) in [6.45, 7) is 3.31. The molecule has 1 fully saturated rings. The molecule has 0 N–H and O–H groups in total. The Labute approximate surface area is 204 Å². The van der Waals surface area contributed by atoms with E-state index in [1.807, 2.05) is 51.9 Å². The summed E-state index contributed by atoms with van der Waals surface area (Å²) in [5.74, 6) is 0.844. The van der Waals surface area contributed by atoms with Crippen molar-refractivity contribution < 1.29 is 13.2 Å². The normalized spacial score (nSPS) is 16.4. The molecule has 0 aliphatic carbocycles. The van der Waals surface area contributed by atoms with Crippen LogP contribution in [0.2, 0.25) is 0 Å². The lowest BCUT2D eigenvalue weighted by Crippen LogP contribution is -2.39. The molecule has 4 aromatic rings. The molecule has 180 valence electrons. The minimum absolute atomic E-state index is 0.0914. The van der Waals surface area contributed by atoms with E-state index in [0.29, 0.717) is 30.9 Å². The number of carbonyl (C=O) groups is 1. The third-order valence-corrected chi connectivity index (χ3v) is 8.35. The molecule has 35 heavy (non-hydrogen) atoms. The fraction of sp³-hybridized carbons (Fsp3) is 0.269. The van der Waals surface area contributed by atoms with Crippen molar-refractivity contribution in [2.75, 3.05) is 23.9 Å². The van der Waals surface area contributed by atoms with E-state index < -0.39 is 10.0 Å². The minimum Gasteiger partial charge on any atom is -0.338 e. The molecule has 0 radical (unpaired) electrons. The van der Waals surface area contributed by atoms with Crippen molar-refractivity contribution in [2.45, 2.75) is 30.6 Å². The molecule has 3 heterocycles. The fourth-order valence-corrected chi connectivity index (χ4v) is 6.15. The van der Waals surface area contributed by atoms with Crippen LogP contribution in [0.15, 0.2) is 83.9 Å². The van der Waals surface area contributed by atoms with Crippen molar-refractivity contribution in [1.82, 2.24) is 19.5 Å². The number of carbonyl (C=O) groups excluding carboxylic acids is 1. The number of aromatic nitrogens is 3. The fourth-order valence-electron chi connectivity index (χ4n) is 4.68. The van der Waals surface area contributed by atoms with Crippen LogP contribution in [0.5, 0.6) is 0 Å². The summed E-state index contributed by atoms with van der Waals surface area (Å²) in [5.41, 5.74) is 1.87. The number of sulfonamides is 1. The summed E-state index contributed by atoms with van der Waals surface area (Å²) in [7, 11) is -3.74. The van der Waals surface area contributed by atoms with Gasteiger partial charge in [-0.3, -0.25) is 13.5 Å². The molecule has 1 amide bonds. The largest absolute Gasteiger partial charge is 0.338 e. The molecule has 0 bridgehead atoms. The zero-order chi connectivity index (χ0) is 24.4. The molecule has 2 aromatic heterocycles. The van der Waals surface area contributed by atoms with Crippen LogP contribution in [0.3, 0.4) is 0 Å². The molecule has 9 heteroatoms. The minimum atomic E-state index is -3.74. The van der Waals surface area contributed by atoms with E-state index in [2.05, 4.69) is 10.2 Å². The summed E-state index contributed by atoms with van der Waals surface area (Å²) in [6.07, 6.45) is 3.75. The third-order valence-electron chi connectivity index (χ3n) is 6.43. The highest BCUT2D eigenvalue weighted by atomic mass is 32.2. The van der Waals surface area contributed by atoms with Crippen LogP contribution in [0.25, 0.3) is 5.65 Å². The van der Waals surface area contributed by atoms with Crippen molar-refractivity contribution in [2.24, 2.45) is 0 Å². The van der Waals surface area contributed by atoms with Crippen molar-refractivity contribution in [3.63, 3.8) is 0 Å². The maximum Gasteiger partial charge on any atom is 0.264 e. The van der Waals surface area contributed by atoms with Gasteiger partial charge in [0, 0.05) is 37.3 Å². The van der Waals surface area contributed by atoms with Gasteiger partial charge in [0.05, 0.1) is 10.6 Å². The van der Waals surface area contributed by atoms with Crippen molar-refractivity contribution in [3.8, 4) is 0 Å². The average molecular weight is 490 g/mol. The highest BCUT2D eigenvalue weighted by molar-refractivity contribution is 7.92. The number of hydrogen-bond acceptors (Lipinski definition) is 5. The molecular weight excluding hydrogens is 462 g/mol. The van der Waals surface area contributed by atoms with E-state index in [9.17, 15) is 13.2 Å². The molecule has 0 saturated carbocycles. The Balaban J connectivity index is 1.34. The van der Waals surface area contributed by atoms with Gasteiger partial charge in [0.25, 0.3) is 15.9 Å². The molecule has 5 rings (SSSR count). The Kier molecular flexibility index (Phi) is 6.25. The summed E-state index contributed by atoms with van der Waals surface area (Å²) in [4.78, 5) is 15.3. The van der Waals surface area contributed by atoms with Gasteiger partial charge in [-0.1, -0.05) is 24.3 Å². The van der Waals surface area contributed by atoms with E-state index in [4.69, 9.17) is 0 Å². The van der Waals surface area contributed by atoms with Gasteiger partial charge < -0.3 is 4.90 Å². The first-order chi connectivity index (χ1) is 17.0. The monoisotopic (exact) mass is 489 g/mol. The van der Waals surface area contributed by atoms with Gasteiger partial charge in [-0.25, -0.2) is 8.42 Å². The summed E-state index contributed by atoms with van der Waals surface area (Å²) >= 11 is 0. The van der Waals surface area contributed by atoms with Crippen LogP contribution in [-0.4, -0.2) is 53.5 Å². The van der Waals surface area contributed by atoms with Crippen LogP contribution >= 0.6 is 0 Å². The number of piperidine rings is 1. The molecule has 8 nitrogen and oxygen atoms in total. The van der Waals surface area contributed by atoms with Crippen molar-refractivity contribution in [1.29, 1.82) is 0 Å². The Morgan fingerprint density at radius 1 is 1.00 bits per heavy atom. The molecular formula is C26H27N5O3S. The number of benzene rings is 2. The zero-order valence-electron chi connectivity index (χ0n) is 19.5. The second-order valence-electron chi connectivity index (χ2n) is 8.61. The lowest BCUT2D eigenvalue weighted by molar-refractivity contribution is 0.0704. The van der Waals surface area contributed by atoms with Crippen molar-refractivity contribution in [3.05, 3.63) is 90.4 Å². The first-order valence-electron chi connectivity index (χ1n) is 11.8. The predicted molar refractivity (Wildman–Crippen MR) is 134 cm³/mol. The highest BCUT2D eigenvalue weighted by Gasteiger charge is 2.29. The molecule has 0 spiro atoms. The topological polar surface area (TPSA) is 87.9 Å². The number of hydrogen-bond donors (Lipinski definition) is 0. The number of nitrogens with zero attached hydrogens (tertiary/aromatic N) is 5. The van der Waals surface area contributed by atoms with Gasteiger partial charge in [-0.2, -0.15) is 0 Å². The Bertz CT molecular complexity index is 1430. The average Bonchev–Trinajstić information content (AvgIpc) is 3.34. The highest BCUT2D eigenvalue weighted by Crippen LogP contribution is 2.28. The number of para-hydroxylation sites is 1. The van der Waals surface area contributed by atoms with Gasteiger partial charge in [0.2, 0.25) is 0 Å². The van der Waals surface area contributed by atoms with Crippen LogP contribution in [0.4, 0.5) is 5.69 Å². The van der Waals surface area contributed by atoms with Crippen LogP contribution in [0.1, 0.15) is 41.9 Å². The predicted octanol–water partition coefficient (Wildman–Crippen LogP) is 3.96. The maximum atomic E-state index is 13.3. The second kappa shape index (κ2) is 9.50. The van der Waals surface area contributed by atoms with Crippen LogP contribution in [0, 0.1) is 0 Å². The number of rotatable bonds is 6. The molecule has 1 aliphatic rings. The molecule has 1 saturated heterocycles. The first-order valence-corrected chi connectivity index (χ1v) is 13.2. The SMILES string of the molecule is CCN(c1ccccc1)S(=O)(=O)c1ccc(C(=O)N2CCCC(c3nnc4ccccn34)C2)cc1. The Morgan fingerprint density at radius 3 is 2.49 bits per heavy atom. The Hall–Kier alpha value is -3.72. The number of fused-ring (bicyclic) bond motifs is 1. The quantitative estimate of drug-likeness (QED) is 0.409. The molecule has 1 unspecified atom stereocenters. The summed E-state index contributed by atoms with van der Waals surface area (Å²) < 4.78 is 29.8. The number of likely N-dealkylation sites (tertiary alicyclic amines) is 1. The molecule has 1 aliphatic heterocycles. The van der Waals surface area contributed by atoms with Gasteiger partial charge in [0.15, 0.2) is 5.65 Å². The van der Waals surface area contributed by atoms with Gasteiger partial charge in [0.1, 0.15) is 5.82 Å². The Morgan fingerprint density at radius 2 is 1.74 bits per heavy atom. The van der Waals surface area contributed by atoms with E-state index in [0.717, 1.165) is 24.3 Å². The maximum absolute atomic E-state index is 13.3.